The molecule has 1 saturated heterocycles. The molecule has 1 atom stereocenters. The molecule has 0 spiro atoms. The minimum Gasteiger partial charge on any atom is -0.328 e. The van der Waals surface area contributed by atoms with Gasteiger partial charge in [-0.25, -0.2) is 13.1 Å². The van der Waals surface area contributed by atoms with E-state index in [2.05, 4.69) is 4.72 Å². The predicted octanol–water partition coefficient (Wildman–Crippen LogP) is 2.88. The Labute approximate surface area is 175 Å². The molecular weight excluding hydrogens is 400 g/mol. The first-order valence-corrected chi connectivity index (χ1v) is 11.2. The van der Waals surface area contributed by atoms with Crippen LogP contribution in [0.3, 0.4) is 0 Å². The van der Waals surface area contributed by atoms with Gasteiger partial charge in [0.15, 0.2) is 0 Å². The maximum absolute atomic E-state index is 13.0. The van der Waals surface area contributed by atoms with Gasteiger partial charge >= 0.3 is 0 Å². The van der Waals surface area contributed by atoms with E-state index in [0.29, 0.717) is 13.0 Å². The molecule has 4 rings (SSSR count). The van der Waals surface area contributed by atoms with E-state index < -0.39 is 21.5 Å². The molecule has 1 unspecified atom stereocenters. The third-order valence-corrected chi connectivity index (χ3v) is 7.06. The van der Waals surface area contributed by atoms with Crippen LogP contribution in [0, 0.1) is 0 Å². The van der Waals surface area contributed by atoms with Crippen molar-refractivity contribution in [3.63, 3.8) is 0 Å². The molecule has 1 aliphatic rings. The number of hydrogen-bond acceptors (Lipinski definition) is 4. The Hall–Kier alpha value is -3.19. The van der Waals surface area contributed by atoms with Crippen molar-refractivity contribution in [3.8, 4) is 0 Å². The summed E-state index contributed by atoms with van der Waals surface area (Å²) in [7, 11) is -3.99. The van der Waals surface area contributed by atoms with E-state index in [-0.39, 0.29) is 17.2 Å². The van der Waals surface area contributed by atoms with Gasteiger partial charge in [-0.1, -0.05) is 60.7 Å². The topological polar surface area (TPSA) is 83.6 Å². The molecule has 3 aromatic carbocycles. The molecule has 1 N–H and O–H groups in total. The maximum Gasteiger partial charge on any atom is 0.264 e. The van der Waals surface area contributed by atoms with Crippen molar-refractivity contribution in [3.05, 3.63) is 78.4 Å². The van der Waals surface area contributed by atoms with Crippen molar-refractivity contribution in [2.45, 2.75) is 30.2 Å². The van der Waals surface area contributed by atoms with Gasteiger partial charge in [0.2, 0.25) is 5.91 Å². The first-order chi connectivity index (χ1) is 14.3. The second-order valence-electron chi connectivity index (χ2n) is 7.63. The zero-order valence-corrected chi connectivity index (χ0v) is 17.4. The van der Waals surface area contributed by atoms with Gasteiger partial charge < -0.3 is 4.90 Å². The van der Waals surface area contributed by atoms with Crippen molar-refractivity contribution in [1.82, 2.24) is 9.62 Å². The van der Waals surface area contributed by atoms with Crippen molar-refractivity contribution in [2.75, 3.05) is 6.54 Å². The lowest BCUT2D eigenvalue weighted by atomic mass is 9.85. The Morgan fingerprint density at radius 2 is 1.63 bits per heavy atom. The normalized spacial score (nSPS) is 18.6. The lowest BCUT2D eigenvalue weighted by Gasteiger charge is -2.49. The van der Waals surface area contributed by atoms with Gasteiger partial charge in [-0.2, -0.15) is 0 Å². The van der Waals surface area contributed by atoms with Crippen LogP contribution < -0.4 is 4.72 Å². The number of sulfonamides is 1. The lowest BCUT2D eigenvalue weighted by Crippen LogP contribution is -2.68. The highest BCUT2D eigenvalue weighted by molar-refractivity contribution is 7.90. The molecule has 1 fully saturated rings. The van der Waals surface area contributed by atoms with Crippen LogP contribution in [0.15, 0.2) is 77.7 Å². The molecule has 0 aromatic heterocycles. The SMILES string of the molecule is CC1(C(=O)NS(=O)(=O)c2ccccc2)CCN1C(=O)Cc1cccc2ccccc12. The molecule has 30 heavy (non-hydrogen) atoms. The fourth-order valence-corrected chi connectivity index (χ4v) is 4.89. The first kappa shape index (κ1) is 20.1. The van der Waals surface area contributed by atoms with Gasteiger partial charge in [0.25, 0.3) is 15.9 Å². The molecule has 6 nitrogen and oxygen atoms in total. The van der Waals surface area contributed by atoms with Crippen molar-refractivity contribution in [1.29, 1.82) is 0 Å². The molecule has 0 bridgehead atoms. The lowest BCUT2D eigenvalue weighted by molar-refractivity contribution is -0.156. The van der Waals surface area contributed by atoms with Crippen LogP contribution in [0.2, 0.25) is 0 Å². The Balaban J connectivity index is 1.51. The second-order valence-corrected chi connectivity index (χ2v) is 9.31. The third-order valence-electron chi connectivity index (χ3n) is 5.71. The van der Waals surface area contributed by atoms with Crippen LogP contribution >= 0.6 is 0 Å². The van der Waals surface area contributed by atoms with Crippen LogP contribution in [0.4, 0.5) is 0 Å². The summed E-state index contributed by atoms with van der Waals surface area (Å²) >= 11 is 0. The van der Waals surface area contributed by atoms with Crippen LogP contribution in [0.5, 0.6) is 0 Å². The average molecular weight is 423 g/mol. The zero-order valence-electron chi connectivity index (χ0n) is 16.5. The highest BCUT2D eigenvalue weighted by Gasteiger charge is 2.50. The standard InChI is InChI=1S/C23H22N2O4S/c1-23(22(27)24-30(28,29)19-11-3-2-4-12-19)14-15-25(23)21(26)16-18-10-7-9-17-8-5-6-13-20(17)18/h2-13H,14-16H2,1H3,(H,24,27). The van der Waals surface area contributed by atoms with E-state index >= 15 is 0 Å². The number of carbonyl (C=O) groups excluding carboxylic acids is 2. The highest BCUT2D eigenvalue weighted by atomic mass is 32.2. The fraction of sp³-hybridized carbons (Fsp3) is 0.217. The van der Waals surface area contributed by atoms with E-state index in [1.54, 1.807) is 25.1 Å². The largest absolute Gasteiger partial charge is 0.328 e. The number of carbonyl (C=O) groups is 2. The summed E-state index contributed by atoms with van der Waals surface area (Å²) < 4.78 is 27.1. The number of benzene rings is 3. The molecule has 1 heterocycles. The number of amides is 2. The maximum atomic E-state index is 13.0. The van der Waals surface area contributed by atoms with E-state index in [9.17, 15) is 18.0 Å². The summed E-state index contributed by atoms with van der Waals surface area (Å²) in [4.78, 5) is 27.3. The van der Waals surface area contributed by atoms with Gasteiger partial charge in [0.1, 0.15) is 5.54 Å². The fourth-order valence-electron chi connectivity index (χ4n) is 3.79. The number of nitrogens with zero attached hydrogens (tertiary/aromatic N) is 1. The van der Waals surface area contributed by atoms with Crippen molar-refractivity contribution >= 4 is 32.6 Å². The van der Waals surface area contributed by atoms with E-state index in [4.69, 9.17) is 0 Å². The number of nitrogens with one attached hydrogen (secondary N) is 1. The van der Waals surface area contributed by atoms with E-state index in [0.717, 1.165) is 16.3 Å². The van der Waals surface area contributed by atoms with Crippen LogP contribution in [-0.4, -0.2) is 37.2 Å². The Morgan fingerprint density at radius 3 is 2.33 bits per heavy atom. The van der Waals surface area contributed by atoms with Gasteiger partial charge in [-0.15, -0.1) is 0 Å². The summed E-state index contributed by atoms with van der Waals surface area (Å²) in [6.45, 7) is 2.02. The summed E-state index contributed by atoms with van der Waals surface area (Å²) in [5, 5.41) is 2.03. The smallest absolute Gasteiger partial charge is 0.264 e. The molecule has 2 amide bonds. The van der Waals surface area contributed by atoms with Crippen LogP contribution in [0.25, 0.3) is 10.8 Å². The minimum absolute atomic E-state index is 0.00917. The monoisotopic (exact) mass is 422 g/mol. The second kappa shape index (κ2) is 7.57. The zero-order chi connectivity index (χ0) is 21.4. The summed E-state index contributed by atoms with van der Waals surface area (Å²) in [5.74, 6) is -0.892. The van der Waals surface area contributed by atoms with Gasteiger partial charge in [-0.05, 0) is 41.8 Å². The number of likely N-dealkylation sites (tertiary alicyclic amines) is 1. The Kier molecular flexibility index (Phi) is 5.07. The van der Waals surface area contributed by atoms with Gasteiger partial charge in [-0.3, -0.25) is 9.59 Å². The molecule has 0 aliphatic carbocycles. The van der Waals surface area contributed by atoms with E-state index in [1.807, 2.05) is 42.5 Å². The first-order valence-electron chi connectivity index (χ1n) is 9.71. The van der Waals surface area contributed by atoms with Gasteiger partial charge in [0.05, 0.1) is 11.3 Å². The third kappa shape index (κ3) is 3.57. The minimum atomic E-state index is -3.99. The van der Waals surface area contributed by atoms with Gasteiger partial charge in [0, 0.05) is 6.54 Å². The number of rotatable bonds is 5. The summed E-state index contributed by atoms with van der Waals surface area (Å²) in [6.07, 6.45) is 0.556. The molecule has 7 heteroatoms. The quantitative estimate of drug-likeness (QED) is 0.685. The van der Waals surface area contributed by atoms with Crippen molar-refractivity contribution < 1.29 is 18.0 Å². The molecule has 154 valence electrons. The molecular formula is C23H22N2O4S. The number of fused-ring (bicyclic) bond motifs is 1. The highest BCUT2D eigenvalue weighted by Crippen LogP contribution is 2.32. The molecule has 0 radical (unpaired) electrons. The van der Waals surface area contributed by atoms with E-state index in [1.165, 1.54) is 17.0 Å². The van der Waals surface area contributed by atoms with Crippen LogP contribution in [-0.2, 0) is 26.0 Å². The van der Waals surface area contributed by atoms with Crippen molar-refractivity contribution in [2.24, 2.45) is 0 Å². The molecule has 3 aromatic rings. The summed E-state index contributed by atoms with van der Waals surface area (Å²) in [6, 6.07) is 21.3. The predicted molar refractivity (Wildman–Crippen MR) is 114 cm³/mol. The number of hydrogen-bond donors (Lipinski definition) is 1. The van der Waals surface area contributed by atoms with Crippen LogP contribution in [0.1, 0.15) is 18.9 Å². The average Bonchev–Trinajstić information content (AvgIpc) is 2.73. The Morgan fingerprint density at radius 1 is 0.967 bits per heavy atom. The molecule has 0 saturated carbocycles. The summed E-state index contributed by atoms with van der Waals surface area (Å²) in [5.41, 5.74) is -0.312. The Bertz CT molecular complexity index is 1220. The molecule has 1 aliphatic heterocycles.